The van der Waals surface area contributed by atoms with Crippen LogP contribution in [-0.4, -0.2) is 15.0 Å². The molecule has 0 N–H and O–H groups in total. The Kier molecular flexibility index (Phi) is 12.4. The molecule has 348 valence electrons. The van der Waals surface area contributed by atoms with Crippen molar-refractivity contribution in [3.05, 3.63) is 275 Å². The highest BCUT2D eigenvalue weighted by Crippen LogP contribution is 2.44. The zero-order valence-corrected chi connectivity index (χ0v) is 41.7. The summed E-state index contributed by atoms with van der Waals surface area (Å²) in [5.41, 5.74) is 21.9. The van der Waals surface area contributed by atoms with Crippen molar-refractivity contribution in [1.82, 2.24) is 15.0 Å². The first-order chi connectivity index (χ1) is 35.2. The van der Waals surface area contributed by atoms with E-state index >= 15 is 0 Å². The molecule has 0 aliphatic rings. The van der Waals surface area contributed by atoms with Gasteiger partial charge in [0.25, 0.3) is 0 Å². The lowest BCUT2D eigenvalue weighted by Gasteiger charge is -2.29. The summed E-state index contributed by atoms with van der Waals surface area (Å²) in [7, 11) is 0. The fourth-order valence-electron chi connectivity index (χ4n) is 11.0. The number of aryl methyl sites for hydroxylation is 6. The lowest BCUT2D eigenvalue weighted by atomic mass is 9.77. The summed E-state index contributed by atoms with van der Waals surface area (Å²) < 4.78 is 0. The minimum absolute atomic E-state index is 0.0116. The second-order valence-electron chi connectivity index (χ2n) is 19.2. The Morgan fingerprint density at radius 2 is 0.806 bits per heavy atom. The fourth-order valence-corrected chi connectivity index (χ4v) is 11.0. The van der Waals surface area contributed by atoms with Gasteiger partial charge >= 0.3 is 0 Å². The highest BCUT2D eigenvalue weighted by atomic mass is 15.3. The zero-order chi connectivity index (χ0) is 49.3. The molecule has 0 radical (unpaired) electrons. The third-order valence-electron chi connectivity index (χ3n) is 14.0. The average molecular weight is 929 g/mol. The maximum atomic E-state index is 5.60. The minimum Gasteiger partial charge on any atom is -0.279 e. The van der Waals surface area contributed by atoms with Crippen LogP contribution < -0.4 is 4.90 Å². The van der Waals surface area contributed by atoms with Crippen molar-refractivity contribution in [2.45, 2.75) is 47.5 Å². The van der Waals surface area contributed by atoms with Gasteiger partial charge in [-0.05, 0) is 155 Å². The molecule has 0 fully saturated rings. The maximum absolute atomic E-state index is 5.60. The summed E-state index contributed by atoms with van der Waals surface area (Å²) in [6, 6.07) is 80.3. The van der Waals surface area contributed by atoms with Crippen LogP contribution in [0.3, 0.4) is 0 Å². The zero-order valence-electron chi connectivity index (χ0n) is 41.7. The fraction of sp³-hybridized carbons (Fsp3) is 0.103. The predicted molar refractivity (Wildman–Crippen MR) is 301 cm³/mol. The first kappa shape index (κ1) is 45.7. The Morgan fingerprint density at radius 3 is 1.33 bits per heavy atom. The Bertz CT molecular complexity index is 3570. The summed E-state index contributed by atoms with van der Waals surface area (Å²) >= 11 is 0. The van der Waals surface area contributed by atoms with Crippen molar-refractivity contribution >= 4 is 28.1 Å². The Balaban J connectivity index is 1.19. The van der Waals surface area contributed by atoms with E-state index in [1.165, 1.54) is 50.1 Å². The molecule has 10 aromatic carbocycles. The highest BCUT2D eigenvalue weighted by Gasteiger charge is 2.27. The highest BCUT2D eigenvalue weighted by molar-refractivity contribution is 6.03. The molecule has 0 unspecified atom stereocenters. The molecular weight excluding hydrogens is 873 g/mol. The van der Waals surface area contributed by atoms with E-state index in [1.54, 1.807) is 0 Å². The normalized spacial score (nSPS) is 11.3. The van der Waals surface area contributed by atoms with Gasteiger partial charge in [0, 0.05) is 28.3 Å². The van der Waals surface area contributed by atoms with Crippen LogP contribution in [0.4, 0.5) is 17.3 Å². The SMILES string of the molecule is Cc1cc(C)c(C(c2ccc(N(c3cc(-c4ccccc4)cc(-c4ccccc4)c3)c3nc(-c4ccccc4)nc(-c4ccc5ccccc5c4-c4ccccc4)n3)cc2)c2c(C)cc(C)cc2C)c(C)c1. The van der Waals surface area contributed by atoms with E-state index in [4.69, 9.17) is 15.0 Å². The molecule has 0 amide bonds. The first-order valence-corrected chi connectivity index (χ1v) is 24.9. The summed E-state index contributed by atoms with van der Waals surface area (Å²) in [4.78, 5) is 18.7. The first-order valence-electron chi connectivity index (χ1n) is 24.9. The molecule has 72 heavy (non-hydrogen) atoms. The Hall–Kier alpha value is -8.73. The van der Waals surface area contributed by atoms with Crippen molar-refractivity contribution in [2.75, 3.05) is 4.90 Å². The lowest BCUT2D eigenvalue weighted by Crippen LogP contribution is -2.16. The number of hydrogen-bond donors (Lipinski definition) is 0. The number of aromatic nitrogens is 3. The lowest BCUT2D eigenvalue weighted by molar-refractivity contribution is 0.919. The second kappa shape index (κ2) is 19.6. The van der Waals surface area contributed by atoms with Gasteiger partial charge in [-0.3, -0.25) is 4.90 Å². The van der Waals surface area contributed by atoms with Crippen LogP contribution in [0.2, 0.25) is 0 Å². The molecule has 0 bridgehead atoms. The topological polar surface area (TPSA) is 41.9 Å². The van der Waals surface area contributed by atoms with Gasteiger partial charge in [0.15, 0.2) is 11.6 Å². The number of fused-ring (bicyclic) bond motifs is 1. The molecule has 11 rings (SSSR count). The quantitative estimate of drug-likeness (QED) is 0.121. The van der Waals surface area contributed by atoms with E-state index in [0.29, 0.717) is 17.6 Å². The van der Waals surface area contributed by atoms with Crippen LogP contribution in [0.25, 0.3) is 66.9 Å². The molecule has 1 aromatic heterocycles. The van der Waals surface area contributed by atoms with Crippen LogP contribution in [0.1, 0.15) is 56.0 Å². The third-order valence-corrected chi connectivity index (χ3v) is 14.0. The summed E-state index contributed by atoms with van der Waals surface area (Å²) in [5, 5.41) is 2.28. The molecule has 0 aliphatic heterocycles. The van der Waals surface area contributed by atoms with Crippen LogP contribution in [-0.2, 0) is 0 Å². The van der Waals surface area contributed by atoms with Crippen molar-refractivity contribution < 1.29 is 0 Å². The Labute approximate surface area is 424 Å². The van der Waals surface area contributed by atoms with Crippen molar-refractivity contribution in [1.29, 1.82) is 0 Å². The smallest absolute Gasteiger partial charge is 0.238 e. The monoisotopic (exact) mass is 928 g/mol. The maximum Gasteiger partial charge on any atom is 0.238 e. The van der Waals surface area contributed by atoms with E-state index < -0.39 is 0 Å². The number of anilines is 3. The van der Waals surface area contributed by atoms with Gasteiger partial charge < -0.3 is 0 Å². The van der Waals surface area contributed by atoms with Crippen LogP contribution >= 0.6 is 0 Å². The van der Waals surface area contributed by atoms with Gasteiger partial charge in [0.1, 0.15) is 0 Å². The summed E-state index contributed by atoms with van der Waals surface area (Å²) in [6.45, 7) is 13.5. The number of hydrogen-bond acceptors (Lipinski definition) is 4. The molecule has 0 spiro atoms. The molecule has 0 saturated carbocycles. The van der Waals surface area contributed by atoms with E-state index in [9.17, 15) is 0 Å². The number of nitrogens with zero attached hydrogens (tertiary/aromatic N) is 4. The summed E-state index contributed by atoms with van der Waals surface area (Å²) in [5.74, 6) is 1.69. The van der Waals surface area contributed by atoms with Gasteiger partial charge in [0.2, 0.25) is 5.95 Å². The molecule has 0 atom stereocenters. The standard InChI is InChI=1S/C68H56N4/c1-44-37-46(3)62(47(4)38-44)65(63-48(5)39-45(2)40-49(63)6)54-31-34-58(35-32-54)72(59-42-56(50-21-11-7-12-22-50)41-57(43-59)51-23-13-8-14-24-51)68-70-66(55-28-17-10-18-29-55)69-67(71-68)61-36-33-52-25-19-20-30-60(52)64(61)53-26-15-9-16-27-53/h7-43,65H,1-6H3. The van der Waals surface area contributed by atoms with Crippen LogP contribution in [0.15, 0.2) is 224 Å². The van der Waals surface area contributed by atoms with Crippen LogP contribution in [0, 0.1) is 41.5 Å². The van der Waals surface area contributed by atoms with Gasteiger partial charge in [-0.15, -0.1) is 0 Å². The molecule has 1 heterocycles. The average Bonchev–Trinajstić information content (AvgIpc) is 3.41. The molecule has 4 heteroatoms. The largest absolute Gasteiger partial charge is 0.279 e. The molecule has 0 saturated heterocycles. The number of rotatable bonds is 11. The second-order valence-corrected chi connectivity index (χ2v) is 19.2. The van der Waals surface area contributed by atoms with E-state index in [-0.39, 0.29) is 5.92 Å². The third kappa shape index (κ3) is 9.00. The minimum atomic E-state index is 0.0116. The molecule has 11 aromatic rings. The Morgan fingerprint density at radius 1 is 0.347 bits per heavy atom. The van der Waals surface area contributed by atoms with Gasteiger partial charge in [0.05, 0.1) is 5.69 Å². The van der Waals surface area contributed by atoms with Crippen molar-refractivity contribution in [2.24, 2.45) is 0 Å². The van der Waals surface area contributed by atoms with E-state index in [2.05, 4.69) is 253 Å². The predicted octanol–water partition coefficient (Wildman–Crippen LogP) is 17.9. The van der Waals surface area contributed by atoms with Crippen molar-refractivity contribution in [3.63, 3.8) is 0 Å². The molecule has 0 aliphatic carbocycles. The summed E-state index contributed by atoms with van der Waals surface area (Å²) in [6.07, 6.45) is 0. The van der Waals surface area contributed by atoms with Crippen LogP contribution in [0.5, 0.6) is 0 Å². The molecular formula is C68H56N4. The van der Waals surface area contributed by atoms with E-state index in [0.717, 1.165) is 66.7 Å². The van der Waals surface area contributed by atoms with Crippen molar-refractivity contribution in [3.8, 4) is 56.2 Å². The van der Waals surface area contributed by atoms with Gasteiger partial charge in [-0.1, -0.05) is 199 Å². The van der Waals surface area contributed by atoms with Gasteiger partial charge in [-0.25, -0.2) is 4.98 Å². The molecule has 4 nitrogen and oxygen atoms in total. The van der Waals surface area contributed by atoms with Gasteiger partial charge in [-0.2, -0.15) is 9.97 Å². The van der Waals surface area contributed by atoms with E-state index in [1.807, 2.05) is 18.2 Å². The number of benzene rings is 10.